The van der Waals surface area contributed by atoms with Gasteiger partial charge in [0.25, 0.3) is 0 Å². The predicted molar refractivity (Wildman–Crippen MR) is 71.1 cm³/mol. The smallest absolute Gasteiger partial charge is 0.0687 e. The number of hydrogen-bond acceptors (Lipinski definition) is 2. The van der Waals surface area contributed by atoms with Gasteiger partial charge in [0.2, 0.25) is 0 Å². The van der Waals surface area contributed by atoms with Gasteiger partial charge in [-0.15, -0.1) is 0 Å². The number of nitrogens with one attached hydrogen (secondary N) is 1. The van der Waals surface area contributed by atoms with Crippen LogP contribution >= 0.6 is 0 Å². The molecule has 0 saturated carbocycles. The summed E-state index contributed by atoms with van der Waals surface area (Å²) in [7, 11) is 0. The Morgan fingerprint density at radius 1 is 1.41 bits per heavy atom. The number of aryl methyl sites for hydroxylation is 2. The number of fused-ring (bicyclic) bond motifs is 1. The molecule has 0 heterocycles. The summed E-state index contributed by atoms with van der Waals surface area (Å²) in [5.74, 6) is 0.320. The van der Waals surface area contributed by atoms with Gasteiger partial charge in [-0.05, 0) is 36.8 Å². The van der Waals surface area contributed by atoms with Gasteiger partial charge in [-0.1, -0.05) is 37.6 Å². The van der Waals surface area contributed by atoms with Crippen LogP contribution in [0.4, 0.5) is 0 Å². The number of benzene rings is 1. The Bertz CT molecular complexity index is 387. The highest BCUT2D eigenvalue weighted by molar-refractivity contribution is 5.37. The SMILES string of the molecule is Cc1ccc2c(c1)C(NCC(O)C(C)C)CC2. The number of aliphatic hydroxyl groups excluding tert-OH is 1. The van der Waals surface area contributed by atoms with E-state index in [4.69, 9.17) is 0 Å². The van der Waals surface area contributed by atoms with Gasteiger partial charge in [0, 0.05) is 12.6 Å². The zero-order valence-electron chi connectivity index (χ0n) is 11.0. The summed E-state index contributed by atoms with van der Waals surface area (Å²) in [6.07, 6.45) is 2.07. The van der Waals surface area contributed by atoms with E-state index in [9.17, 15) is 5.11 Å². The lowest BCUT2D eigenvalue weighted by molar-refractivity contribution is 0.120. The summed E-state index contributed by atoms with van der Waals surface area (Å²) < 4.78 is 0. The van der Waals surface area contributed by atoms with Crippen molar-refractivity contribution in [3.05, 3.63) is 34.9 Å². The van der Waals surface area contributed by atoms with Crippen LogP contribution in [0.15, 0.2) is 18.2 Å². The van der Waals surface area contributed by atoms with Gasteiger partial charge in [0.1, 0.15) is 0 Å². The van der Waals surface area contributed by atoms with Crippen molar-refractivity contribution >= 4 is 0 Å². The van der Waals surface area contributed by atoms with Crippen LogP contribution in [0.25, 0.3) is 0 Å². The molecule has 0 aromatic heterocycles. The Hall–Kier alpha value is -0.860. The van der Waals surface area contributed by atoms with Crippen LogP contribution in [0.1, 0.15) is 43.0 Å². The van der Waals surface area contributed by atoms with E-state index in [0.29, 0.717) is 18.5 Å². The summed E-state index contributed by atoms with van der Waals surface area (Å²) in [6, 6.07) is 7.13. The molecule has 0 saturated heterocycles. The average Bonchev–Trinajstić information content (AvgIpc) is 2.68. The molecular formula is C15H23NO. The third-order valence-corrected chi connectivity index (χ3v) is 3.72. The molecule has 0 fully saturated rings. The van der Waals surface area contributed by atoms with Crippen molar-refractivity contribution in [2.24, 2.45) is 5.92 Å². The van der Waals surface area contributed by atoms with Crippen LogP contribution in [0.2, 0.25) is 0 Å². The first-order valence-electron chi connectivity index (χ1n) is 6.59. The molecule has 2 atom stereocenters. The van der Waals surface area contributed by atoms with Crippen LogP contribution in [-0.4, -0.2) is 17.8 Å². The van der Waals surface area contributed by atoms with E-state index >= 15 is 0 Å². The minimum atomic E-state index is -0.246. The second kappa shape index (κ2) is 5.19. The second-order valence-corrected chi connectivity index (χ2v) is 5.51. The molecule has 1 aliphatic rings. The zero-order chi connectivity index (χ0) is 12.4. The molecule has 0 radical (unpaired) electrons. The quantitative estimate of drug-likeness (QED) is 0.838. The van der Waals surface area contributed by atoms with E-state index in [2.05, 4.69) is 44.3 Å². The van der Waals surface area contributed by atoms with E-state index in [1.807, 2.05) is 0 Å². The van der Waals surface area contributed by atoms with Gasteiger partial charge in [0.15, 0.2) is 0 Å². The summed E-state index contributed by atoms with van der Waals surface area (Å²) in [4.78, 5) is 0. The van der Waals surface area contributed by atoms with E-state index in [1.54, 1.807) is 0 Å². The Morgan fingerprint density at radius 2 is 2.18 bits per heavy atom. The molecule has 0 aliphatic heterocycles. The molecule has 1 aliphatic carbocycles. The highest BCUT2D eigenvalue weighted by atomic mass is 16.3. The van der Waals surface area contributed by atoms with Crippen LogP contribution < -0.4 is 5.32 Å². The van der Waals surface area contributed by atoms with Gasteiger partial charge < -0.3 is 10.4 Å². The van der Waals surface area contributed by atoms with E-state index in [-0.39, 0.29) is 6.10 Å². The molecule has 1 aromatic rings. The normalized spacial score (nSPS) is 20.6. The van der Waals surface area contributed by atoms with Crippen LogP contribution in [0, 0.1) is 12.8 Å². The molecule has 0 bridgehead atoms. The number of rotatable bonds is 4. The van der Waals surface area contributed by atoms with Crippen molar-refractivity contribution < 1.29 is 5.11 Å². The van der Waals surface area contributed by atoms with Crippen molar-refractivity contribution in [3.63, 3.8) is 0 Å². The monoisotopic (exact) mass is 233 g/mol. The Balaban J connectivity index is 2.00. The summed E-state index contributed by atoms with van der Waals surface area (Å²) in [5.41, 5.74) is 4.22. The standard InChI is InChI=1S/C15H23NO/c1-10(2)15(17)9-16-14-7-6-12-5-4-11(3)8-13(12)14/h4-5,8,10,14-17H,6-7,9H2,1-3H3. The van der Waals surface area contributed by atoms with Crippen LogP contribution in [-0.2, 0) is 6.42 Å². The van der Waals surface area contributed by atoms with Crippen molar-refractivity contribution in [2.45, 2.75) is 45.8 Å². The van der Waals surface area contributed by atoms with Gasteiger partial charge in [-0.3, -0.25) is 0 Å². The first-order chi connectivity index (χ1) is 8.08. The van der Waals surface area contributed by atoms with E-state index in [1.165, 1.54) is 16.7 Å². The minimum absolute atomic E-state index is 0.246. The third-order valence-electron chi connectivity index (χ3n) is 3.72. The molecule has 2 N–H and O–H groups in total. The van der Waals surface area contributed by atoms with Gasteiger partial charge in [-0.25, -0.2) is 0 Å². The maximum Gasteiger partial charge on any atom is 0.0687 e. The fraction of sp³-hybridized carbons (Fsp3) is 0.600. The molecule has 2 rings (SSSR count). The largest absolute Gasteiger partial charge is 0.392 e. The highest BCUT2D eigenvalue weighted by Gasteiger charge is 2.22. The average molecular weight is 233 g/mol. The maximum absolute atomic E-state index is 9.83. The fourth-order valence-electron chi connectivity index (χ4n) is 2.43. The lowest BCUT2D eigenvalue weighted by Crippen LogP contribution is -2.32. The first kappa shape index (κ1) is 12.6. The van der Waals surface area contributed by atoms with E-state index < -0.39 is 0 Å². The Kier molecular flexibility index (Phi) is 3.85. The van der Waals surface area contributed by atoms with Gasteiger partial charge in [0.05, 0.1) is 6.10 Å². The van der Waals surface area contributed by atoms with Crippen LogP contribution in [0.3, 0.4) is 0 Å². The molecule has 17 heavy (non-hydrogen) atoms. The number of aliphatic hydroxyl groups is 1. The molecule has 0 spiro atoms. The number of hydrogen-bond donors (Lipinski definition) is 2. The molecule has 2 unspecified atom stereocenters. The molecule has 2 heteroatoms. The zero-order valence-corrected chi connectivity index (χ0v) is 11.0. The van der Waals surface area contributed by atoms with E-state index in [0.717, 1.165) is 12.8 Å². The predicted octanol–water partition coefficient (Wildman–Crippen LogP) is 2.59. The van der Waals surface area contributed by atoms with Gasteiger partial charge >= 0.3 is 0 Å². The second-order valence-electron chi connectivity index (χ2n) is 5.51. The maximum atomic E-state index is 9.83. The van der Waals surface area contributed by atoms with Crippen LogP contribution in [0.5, 0.6) is 0 Å². The first-order valence-corrected chi connectivity index (χ1v) is 6.59. The van der Waals surface area contributed by atoms with Gasteiger partial charge in [-0.2, -0.15) is 0 Å². The Morgan fingerprint density at radius 3 is 2.88 bits per heavy atom. The fourth-order valence-corrected chi connectivity index (χ4v) is 2.43. The van der Waals surface area contributed by atoms with Crippen molar-refractivity contribution in [3.8, 4) is 0 Å². The highest BCUT2D eigenvalue weighted by Crippen LogP contribution is 2.31. The third kappa shape index (κ3) is 2.88. The molecule has 94 valence electrons. The van der Waals surface area contributed by atoms with Crippen molar-refractivity contribution in [1.29, 1.82) is 0 Å². The van der Waals surface area contributed by atoms with Crippen molar-refractivity contribution in [1.82, 2.24) is 5.32 Å². The van der Waals surface area contributed by atoms with Crippen molar-refractivity contribution in [2.75, 3.05) is 6.54 Å². The summed E-state index contributed by atoms with van der Waals surface area (Å²) in [6.45, 7) is 6.94. The minimum Gasteiger partial charge on any atom is -0.392 e. The lowest BCUT2D eigenvalue weighted by atomic mass is 10.0. The molecule has 0 amide bonds. The summed E-state index contributed by atoms with van der Waals surface area (Å²) in [5, 5.41) is 13.3. The lowest BCUT2D eigenvalue weighted by Gasteiger charge is -2.19. The topological polar surface area (TPSA) is 32.3 Å². The molecule has 2 nitrogen and oxygen atoms in total. The summed E-state index contributed by atoms with van der Waals surface area (Å²) >= 11 is 0. The Labute approximate surface area is 104 Å². The molecular weight excluding hydrogens is 210 g/mol. The molecule has 1 aromatic carbocycles.